The molecule has 0 heterocycles. The van der Waals surface area contributed by atoms with Crippen molar-refractivity contribution < 1.29 is 29.0 Å². The van der Waals surface area contributed by atoms with Crippen LogP contribution in [0.5, 0.6) is 5.75 Å². The van der Waals surface area contributed by atoms with E-state index in [1.54, 1.807) is 12.2 Å². The second-order valence-corrected chi connectivity index (χ2v) is 12.4. The second-order valence-electron chi connectivity index (χ2n) is 12.4. The highest BCUT2D eigenvalue weighted by molar-refractivity contribution is 5.86. The van der Waals surface area contributed by atoms with E-state index in [1.807, 2.05) is 98.8 Å². The normalized spacial score (nSPS) is 13.4. The Labute approximate surface area is 285 Å². The van der Waals surface area contributed by atoms with Crippen LogP contribution in [0.25, 0.3) is 0 Å². The lowest BCUT2D eigenvalue weighted by molar-refractivity contribution is -0.150. The smallest absolute Gasteiger partial charge is 0.309 e. The molecule has 0 bridgehead atoms. The van der Waals surface area contributed by atoms with Crippen LogP contribution in [0.4, 0.5) is 0 Å². The van der Waals surface area contributed by atoms with Gasteiger partial charge in [-0.3, -0.25) is 14.4 Å². The summed E-state index contributed by atoms with van der Waals surface area (Å²) in [6, 6.07) is 26.2. The lowest BCUT2D eigenvalue weighted by atomic mass is 9.96. The fraction of sp³-hybridized carbons (Fsp3) is 0.375. The van der Waals surface area contributed by atoms with Gasteiger partial charge in [0.1, 0.15) is 19.0 Å². The van der Waals surface area contributed by atoms with Crippen molar-refractivity contribution in [2.45, 2.75) is 64.6 Å². The molecule has 0 fully saturated rings. The van der Waals surface area contributed by atoms with Gasteiger partial charge in [0.25, 0.3) is 0 Å². The summed E-state index contributed by atoms with van der Waals surface area (Å²) in [5.41, 5.74) is 3.03. The van der Waals surface area contributed by atoms with Crippen LogP contribution in [-0.4, -0.2) is 48.2 Å². The molecule has 0 spiro atoms. The van der Waals surface area contributed by atoms with Crippen molar-refractivity contribution in [1.29, 1.82) is 0 Å². The van der Waals surface area contributed by atoms with Crippen molar-refractivity contribution in [3.05, 3.63) is 127 Å². The van der Waals surface area contributed by atoms with Gasteiger partial charge in [0, 0.05) is 6.42 Å². The number of rotatable bonds is 21. The molecule has 0 aliphatic heterocycles. The standard InChI is InChI=1S/C40H50N2O6/c1-5-13-33(39(45)42-37(29(3)4)28-48-40(46)34(14-6-2)23-30-15-9-7-10-16-30)25-38(44)41-35(26-43)24-31-19-21-36(22-20-31)47-27-32-17-11-8-12-18-32/h5-12,15-22,29,33-35,37,43H,1-2,13-14,23-28H2,3-4H3,(H,41,44)(H,42,45)/t33-,34+,35-,37+/m0/s1. The van der Waals surface area contributed by atoms with Gasteiger partial charge in [-0.05, 0) is 60.4 Å². The number of allylic oxidation sites excluding steroid dienone is 2. The summed E-state index contributed by atoms with van der Waals surface area (Å²) in [6.45, 7) is 11.6. The number of benzene rings is 3. The monoisotopic (exact) mass is 654 g/mol. The third-order valence-electron chi connectivity index (χ3n) is 8.14. The van der Waals surface area contributed by atoms with E-state index in [2.05, 4.69) is 23.8 Å². The van der Waals surface area contributed by atoms with Gasteiger partial charge < -0.3 is 25.2 Å². The van der Waals surface area contributed by atoms with Crippen LogP contribution in [0.1, 0.15) is 49.8 Å². The highest BCUT2D eigenvalue weighted by atomic mass is 16.5. The van der Waals surface area contributed by atoms with Crippen LogP contribution in [0.2, 0.25) is 0 Å². The Hall–Kier alpha value is -4.69. The Morgan fingerprint density at radius 2 is 1.35 bits per heavy atom. The van der Waals surface area contributed by atoms with Gasteiger partial charge in [-0.25, -0.2) is 0 Å². The zero-order valence-electron chi connectivity index (χ0n) is 28.2. The maximum absolute atomic E-state index is 13.4. The lowest BCUT2D eigenvalue weighted by Crippen LogP contribution is -2.47. The minimum atomic E-state index is -0.675. The van der Waals surface area contributed by atoms with E-state index in [-0.39, 0.29) is 55.7 Å². The van der Waals surface area contributed by atoms with Crippen LogP contribution >= 0.6 is 0 Å². The molecule has 2 amide bonds. The van der Waals surface area contributed by atoms with Crippen LogP contribution in [0, 0.1) is 17.8 Å². The summed E-state index contributed by atoms with van der Waals surface area (Å²) >= 11 is 0. The quantitative estimate of drug-likeness (QED) is 0.0962. The van der Waals surface area contributed by atoms with Crippen molar-refractivity contribution >= 4 is 17.8 Å². The summed E-state index contributed by atoms with van der Waals surface area (Å²) < 4.78 is 11.6. The Balaban J connectivity index is 1.51. The van der Waals surface area contributed by atoms with Gasteiger partial charge in [-0.15, -0.1) is 13.2 Å². The zero-order chi connectivity index (χ0) is 34.7. The largest absolute Gasteiger partial charge is 0.489 e. The molecular formula is C40H50N2O6. The number of nitrogens with one attached hydrogen (secondary N) is 2. The fourth-order valence-corrected chi connectivity index (χ4v) is 5.26. The van der Waals surface area contributed by atoms with E-state index in [4.69, 9.17) is 9.47 Å². The third kappa shape index (κ3) is 13.2. The SMILES string of the molecule is C=CC[C@@H](CC(=O)N[C@H](CO)Cc1ccc(OCc2ccccc2)cc1)C(=O)N[C@H](COC(=O)[C@H](CC=C)Cc1ccccc1)C(C)C. The summed E-state index contributed by atoms with van der Waals surface area (Å²) in [7, 11) is 0. The van der Waals surface area contributed by atoms with Crippen LogP contribution in [-0.2, 0) is 38.6 Å². The molecule has 256 valence electrons. The first-order chi connectivity index (χ1) is 23.2. The first kappa shape index (κ1) is 37.8. The van der Waals surface area contributed by atoms with Gasteiger partial charge in [0.05, 0.1) is 30.5 Å². The zero-order valence-corrected chi connectivity index (χ0v) is 28.2. The van der Waals surface area contributed by atoms with E-state index in [0.29, 0.717) is 25.9 Å². The number of carbonyl (C=O) groups excluding carboxylic acids is 3. The third-order valence-corrected chi connectivity index (χ3v) is 8.14. The molecular weight excluding hydrogens is 604 g/mol. The molecule has 0 aromatic heterocycles. The predicted molar refractivity (Wildman–Crippen MR) is 189 cm³/mol. The van der Waals surface area contributed by atoms with Crippen molar-refractivity contribution in [2.75, 3.05) is 13.2 Å². The molecule has 3 N–H and O–H groups in total. The van der Waals surface area contributed by atoms with Crippen LogP contribution < -0.4 is 15.4 Å². The Kier molecular flexibility index (Phi) is 16.1. The van der Waals surface area contributed by atoms with Crippen molar-refractivity contribution in [3.8, 4) is 5.75 Å². The minimum Gasteiger partial charge on any atom is -0.489 e. The number of hydrogen-bond donors (Lipinski definition) is 3. The van der Waals surface area contributed by atoms with Crippen molar-refractivity contribution in [3.63, 3.8) is 0 Å². The summed E-state index contributed by atoms with van der Waals surface area (Å²) in [5, 5.41) is 15.9. The molecule has 8 nitrogen and oxygen atoms in total. The van der Waals surface area contributed by atoms with Crippen LogP contribution in [0.3, 0.4) is 0 Å². The number of ether oxygens (including phenoxy) is 2. The summed E-state index contributed by atoms with van der Waals surface area (Å²) in [6.07, 6.45) is 4.95. The number of carbonyl (C=O) groups is 3. The van der Waals surface area contributed by atoms with Gasteiger partial charge >= 0.3 is 5.97 Å². The maximum Gasteiger partial charge on any atom is 0.309 e. The highest BCUT2D eigenvalue weighted by Crippen LogP contribution is 2.18. The molecule has 3 aromatic carbocycles. The fourth-order valence-electron chi connectivity index (χ4n) is 5.26. The second kappa shape index (κ2) is 20.5. The van der Waals surface area contributed by atoms with E-state index >= 15 is 0 Å². The van der Waals surface area contributed by atoms with E-state index in [1.165, 1.54) is 0 Å². The molecule has 0 aliphatic carbocycles. The number of hydrogen-bond acceptors (Lipinski definition) is 6. The van der Waals surface area contributed by atoms with Gasteiger partial charge in [0.2, 0.25) is 11.8 Å². The van der Waals surface area contributed by atoms with Crippen molar-refractivity contribution in [2.24, 2.45) is 17.8 Å². The number of aliphatic hydroxyl groups excluding tert-OH is 1. The Bertz CT molecular complexity index is 1430. The maximum atomic E-state index is 13.4. The number of esters is 1. The first-order valence-electron chi connectivity index (χ1n) is 16.6. The van der Waals surface area contributed by atoms with Gasteiger partial charge in [0.15, 0.2) is 0 Å². The van der Waals surface area contributed by atoms with E-state index in [0.717, 1.165) is 22.4 Å². The van der Waals surface area contributed by atoms with E-state index < -0.39 is 18.0 Å². The van der Waals surface area contributed by atoms with Gasteiger partial charge in [-0.1, -0.05) is 98.8 Å². The molecule has 0 aliphatic rings. The molecule has 0 unspecified atom stereocenters. The molecule has 3 rings (SSSR count). The summed E-state index contributed by atoms with van der Waals surface area (Å²) in [5.74, 6) is -1.37. The van der Waals surface area contributed by atoms with E-state index in [9.17, 15) is 19.5 Å². The number of aliphatic hydroxyl groups is 1. The topological polar surface area (TPSA) is 114 Å². The predicted octanol–water partition coefficient (Wildman–Crippen LogP) is 5.99. The molecule has 0 saturated heterocycles. The number of amides is 2. The van der Waals surface area contributed by atoms with Gasteiger partial charge in [-0.2, -0.15) is 0 Å². The first-order valence-corrected chi connectivity index (χ1v) is 16.6. The summed E-state index contributed by atoms with van der Waals surface area (Å²) in [4.78, 5) is 39.4. The average Bonchev–Trinajstić information content (AvgIpc) is 3.09. The molecule has 48 heavy (non-hydrogen) atoms. The molecule has 3 aromatic rings. The lowest BCUT2D eigenvalue weighted by Gasteiger charge is -2.26. The van der Waals surface area contributed by atoms with Crippen LogP contribution in [0.15, 0.2) is 110 Å². The average molecular weight is 655 g/mol. The van der Waals surface area contributed by atoms with Crippen molar-refractivity contribution in [1.82, 2.24) is 10.6 Å². The molecule has 4 atom stereocenters. The molecule has 0 radical (unpaired) electrons. The highest BCUT2D eigenvalue weighted by Gasteiger charge is 2.27. The molecule has 0 saturated carbocycles. The minimum absolute atomic E-state index is 0.0142. The Morgan fingerprint density at radius 3 is 1.94 bits per heavy atom. The Morgan fingerprint density at radius 1 is 0.771 bits per heavy atom. The molecule has 8 heteroatoms.